The maximum absolute atomic E-state index is 11.0. The minimum Gasteiger partial charge on any atom is -0.394 e. The van der Waals surface area contributed by atoms with Crippen molar-refractivity contribution in [2.75, 3.05) is 19.7 Å². The number of carbonyl (C=O) groups is 1. The molecular formula is C10H18N2O2. The topological polar surface area (TPSA) is 61.4 Å². The second-order valence-corrected chi connectivity index (χ2v) is 3.95. The zero-order valence-electron chi connectivity index (χ0n) is 8.55. The Bertz CT molecular complexity index is 230. The molecule has 0 aromatic carbocycles. The van der Waals surface area contributed by atoms with E-state index in [1.807, 2.05) is 6.08 Å². The summed E-state index contributed by atoms with van der Waals surface area (Å²) in [6.07, 6.45) is 2.61. The highest BCUT2D eigenvalue weighted by Gasteiger charge is 2.35. The van der Waals surface area contributed by atoms with E-state index in [-0.39, 0.29) is 12.5 Å². The van der Waals surface area contributed by atoms with Gasteiger partial charge in [-0.3, -0.25) is 4.79 Å². The molecule has 0 radical (unpaired) electrons. The Kier molecular flexibility index (Phi) is 3.66. The molecule has 80 valence electrons. The molecule has 1 aliphatic heterocycles. The lowest BCUT2D eigenvalue weighted by molar-refractivity contribution is -0.121. The summed E-state index contributed by atoms with van der Waals surface area (Å²) in [5.74, 6) is 0.202. The highest BCUT2D eigenvalue weighted by atomic mass is 16.3. The summed E-state index contributed by atoms with van der Waals surface area (Å²) < 4.78 is 0. The summed E-state index contributed by atoms with van der Waals surface area (Å²) in [4.78, 5) is 11.0. The van der Waals surface area contributed by atoms with E-state index in [9.17, 15) is 9.90 Å². The molecule has 2 atom stereocenters. The van der Waals surface area contributed by atoms with Gasteiger partial charge < -0.3 is 15.7 Å². The molecule has 1 amide bonds. The minimum absolute atomic E-state index is 0.0378. The number of nitrogens with one attached hydrogen (secondary N) is 2. The van der Waals surface area contributed by atoms with Gasteiger partial charge in [0.2, 0.25) is 5.91 Å². The van der Waals surface area contributed by atoms with Crippen LogP contribution >= 0.6 is 0 Å². The molecule has 1 fully saturated rings. The Morgan fingerprint density at radius 3 is 3.07 bits per heavy atom. The predicted octanol–water partition coefficient (Wildman–Crippen LogP) is -0.351. The Hall–Kier alpha value is -0.870. The zero-order valence-corrected chi connectivity index (χ0v) is 8.55. The second kappa shape index (κ2) is 4.57. The van der Waals surface area contributed by atoms with Crippen molar-refractivity contribution in [3.05, 3.63) is 12.7 Å². The van der Waals surface area contributed by atoms with Crippen LogP contribution in [0.5, 0.6) is 0 Å². The molecule has 0 bridgehead atoms. The molecule has 14 heavy (non-hydrogen) atoms. The van der Waals surface area contributed by atoms with Crippen LogP contribution in [0.15, 0.2) is 12.7 Å². The second-order valence-electron chi connectivity index (χ2n) is 3.95. The van der Waals surface area contributed by atoms with Gasteiger partial charge in [-0.1, -0.05) is 6.08 Å². The van der Waals surface area contributed by atoms with Crippen LogP contribution in [-0.4, -0.2) is 36.2 Å². The fourth-order valence-corrected chi connectivity index (χ4v) is 1.94. The van der Waals surface area contributed by atoms with Crippen LogP contribution < -0.4 is 10.6 Å². The van der Waals surface area contributed by atoms with Gasteiger partial charge in [-0.25, -0.2) is 0 Å². The third kappa shape index (κ3) is 2.56. The summed E-state index contributed by atoms with van der Waals surface area (Å²) in [6.45, 7) is 6.64. The van der Waals surface area contributed by atoms with Gasteiger partial charge in [0.1, 0.15) is 0 Å². The van der Waals surface area contributed by atoms with Crippen molar-refractivity contribution in [1.82, 2.24) is 10.6 Å². The largest absolute Gasteiger partial charge is 0.394 e. The monoisotopic (exact) mass is 198 g/mol. The number of rotatable bonds is 3. The third-order valence-corrected chi connectivity index (χ3v) is 2.60. The fraction of sp³-hybridized carbons (Fsp3) is 0.700. The van der Waals surface area contributed by atoms with Crippen LogP contribution in [0.3, 0.4) is 0 Å². The molecule has 0 aliphatic carbocycles. The van der Waals surface area contributed by atoms with E-state index < -0.39 is 5.54 Å². The average molecular weight is 198 g/mol. The number of aliphatic hydroxyl groups is 1. The molecule has 0 aromatic heterocycles. The molecule has 4 heteroatoms. The highest BCUT2D eigenvalue weighted by molar-refractivity contribution is 5.73. The quantitative estimate of drug-likeness (QED) is 0.543. The SMILES string of the molecule is C=C[C@@H]1CNC[C@](CO)(NC(C)=O)C1. The lowest BCUT2D eigenvalue weighted by Crippen LogP contribution is -2.61. The lowest BCUT2D eigenvalue weighted by atomic mass is 9.84. The van der Waals surface area contributed by atoms with E-state index in [0.717, 1.165) is 13.0 Å². The number of hydrogen-bond acceptors (Lipinski definition) is 3. The molecule has 0 aromatic rings. The van der Waals surface area contributed by atoms with Crippen molar-refractivity contribution >= 4 is 5.91 Å². The molecule has 4 nitrogen and oxygen atoms in total. The van der Waals surface area contributed by atoms with Gasteiger partial charge in [0.05, 0.1) is 12.1 Å². The first-order valence-corrected chi connectivity index (χ1v) is 4.85. The first-order chi connectivity index (χ1) is 6.62. The van der Waals surface area contributed by atoms with Gasteiger partial charge >= 0.3 is 0 Å². The highest BCUT2D eigenvalue weighted by Crippen LogP contribution is 2.21. The standard InChI is InChI=1S/C10H18N2O2/c1-3-9-4-10(7-13,6-11-5-9)12-8(2)14/h3,9,11,13H,1,4-7H2,2H3,(H,12,14)/t9-,10+/m0/s1. The summed E-state index contributed by atoms with van der Waals surface area (Å²) >= 11 is 0. The van der Waals surface area contributed by atoms with E-state index in [4.69, 9.17) is 0 Å². The van der Waals surface area contributed by atoms with Crippen molar-refractivity contribution in [2.24, 2.45) is 5.92 Å². The molecule has 1 rings (SSSR count). The Morgan fingerprint density at radius 1 is 1.86 bits per heavy atom. The van der Waals surface area contributed by atoms with Crippen LogP contribution in [0.4, 0.5) is 0 Å². The van der Waals surface area contributed by atoms with Crippen LogP contribution in [0.25, 0.3) is 0 Å². The zero-order chi connectivity index (χ0) is 10.6. The summed E-state index contributed by atoms with van der Waals surface area (Å²) in [5.41, 5.74) is -0.511. The third-order valence-electron chi connectivity index (χ3n) is 2.60. The number of amides is 1. The molecule has 1 heterocycles. The average Bonchev–Trinajstić information content (AvgIpc) is 2.17. The van der Waals surface area contributed by atoms with E-state index in [0.29, 0.717) is 12.5 Å². The minimum atomic E-state index is -0.511. The van der Waals surface area contributed by atoms with E-state index in [1.54, 1.807) is 0 Å². The predicted molar refractivity (Wildman–Crippen MR) is 54.8 cm³/mol. The van der Waals surface area contributed by atoms with Gasteiger partial charge in [-0.15, -0.1) is 6.58 Å². The van der Waals surface area contributed by atoms with Gasteiger partial charge in [-0.2, -0.15) is 0 Å². The van der Waals surface area contributed by atoms with Crippen molar-refractivity contribution in [1.29, 1.82) is 0 Å². The Labute approximate surface area is 84.4 Å². The molecular weight excluding hydrogens is 180 g/mol. The van der Waals surface area contributed by atoms with Crippen molar-refractivity contribution < 1.29 is 9.90 Å². The molecule has 0 unspecified atom stereocenters. The van der Waals surface area contributed by atoms with Gasteiger partial charge in [-0.05, 0) is 12.3 Å². The summed E-state index contributed by atoms with van der Waals surface area (Å²) in [7, 11) is 0. The first kappa shape index (κ1) is 11.2. The first-order valence-electron chi connectivity index (χ1n) is 4.85. The van der Waals surface area contributed by atoms with Gasteiger partial charge in [0.15, 0.2) is 0 Å². The van der Waals surface area contributed by atoms with Crippen LogP contribution in [0.2, 0.25) is 0 Å². The molecule has 0 saturated carbocycles. The number of aliphatic hydroxyl groups excluding tert-OH is 1. The van der Waals surface area contributed by atoms with Gasteiger partial charge in [0, 0.05) is 20.0 Å². The van der Waals surface area contributed by atoms with Gasteiger partial charge in [0.25, 0.3) is 0 Å². The molecule has 3 N–H and O–H groups in total. The lowest BCUT2D eigenvalue weighted by Gasteiger charge is -2.39. The maximum atomic E-state index is 11.0. The number of hydrogen-bond donors (Lipinski definition) is 3. The Morgan fingerprint density at radius 2 is 2.57 bits per heavy atom. The summed E-state index contributed by atoms with van der Waals surface area (Å²) in [5, 5.41) is 15.3. The van der Waals surface area contributed by atoms with Crippen molar-refractivity contribution in [2.45, 2.75) is 18.9 Å². The van der Waals surface area contributed by atoms with Crippen molar-refractivity contribution in [3.8, 4) is 0 Å². The molecule has 1 saturated heterocycles. The smallest absolute Gasteiger partial charge is 0.217 e. The van der Waals surface area contributed by atoms with Crippen LogP contribution in [0, 0.1) is 5.92 Å². The normalized spacial score (nSPS) is 32.3. The van der Waals surface area contributed by atoms with E-state index in [2.05, 4.69) is 17.2 Å². The molecule has 1 aliphatic rings. The molecule has 0 spiro atoms. The fourth-order valence-electron chi connectivity index (χ4n) is 1.94. The van der Waals surface area contributed by atoms with Crippen LogP contribution in [0.1, 0.15) is 13.3 Å². The summed E-state index contributed by atoms with van der Waals surface area (Å²) in [6, 6.07) is 0. The van der Waals surface area contributed by atoms with E-state index >= 15 is 0 Å². The van der Waals surface area contributed by atoms with E-state index in [1.165, 1.54) is 6.92 Å². The number of piperidine rings is 1. The van der Waals surface area contributed by atoms with Crippen LogP contribution in [-0.2, 0) is 4.79 Å². The maximum Gasteiger partial charge on any atom is 0.217 e. The number of carbonyl (C=O) groups excluding carboxylic acids is 1. The Balaban J connectivity index is 2.67. The van der Waals surface area contributed by atoms with Crippen molar-refractivity contribution in [3.63, 3.8) is 0 Å².